The number of esters is 1. The minimum absolute atomic E-state index is 0.00849. The topological polar surface area (TPSA) is 119 Å². The highest BCUT2D eigenvalue weighted by Crippen LogP contribution is 2.42. The number of anilines is 1. The van der Waals surface area contributed by atoms with Crippen LogP contribution in [0.2, 0.25) is 0 Å². The molecule has 1 N–H and O–H groups in total. The summed E-state index contributed by atoms with van der Waals surface area (Å²) in [6.45, 7) is 4.80. The van der Waals surface area contributed by atoms with E-state index in [4.69, 9.17) is 19.3 Å². The number of nitrogens with zero attached hydrogens (tertiary/aromatic N) is 1. The number of Topliss-reactive ketones (excluding diaryl/α,β-unsaturated/α-hetero) is 1. The zero-order chi connectivity index (χ0) is 24.3. The molecule has 0 atom stereocenters. The lowest BCUT2D eigenvalue weighted by Gasteiger charge is -2.24. The number of benzene rings is 2. The standard InChI is InChI=1S/C24H25NO8/c1-24(2,3)11-15(26)12-25-16-10-14(23(30)31-4)8-9-17(16)33-19-7-5-6-18(21(19)22(25)29)32-13-20(27)28/h5-10H,11-13H2,1-4H3,(H,27,28). The Kier molecular flexibility index (Phi) is 6.71. The lowest BCUT2D eigenvalue weighted by molar-refractivity contribution is -0.139. The first-order valence-electron chi connectivity index (χ1n) is 10.2. The van der Waals surface area contributed by atoms with E-state index in [-0.39, 0.29) is 58.2 Å². The smallest absolute Gasteiger partial charge is 0.341 e. The van der Waals surface area contributed by atoms with E-state index < -0.39 is 24.5 Å². The first-order chi connectivity index (χ1) is 15.5. The summed E-state index contributed by atoms with van der Waals surface area (Å²) in [5, 5.41) is 8.99. The van der Waals surface area contributed by atoms with Gasteiger partial charge < -0.3 is 19.3 Å². The average Bonchev–Trinajstić information content (AvgIpc) is 2.85. The number of hydrogen-bond donors (Lipinski definition) is 1. The summed E-state index contributed by atoms with van der Waals surface area (Å²) < 4.78 is 16.0. The third kappa shape index (κ3) is 5.49. The second kappa shape index (κ2) is 9.32. The van der Waals surface area contributed by atoms with Gasteiger partial charge in [0.1, 0.15) is 17.1 Å². The van der Waals surface area contributed by atoms with Crippen LogP contribution in [0.25, 0.3) is 0 Å². The van der Waals surface area contributed by atoms with Crippen LogP contribution in [0, 0.1) is 5.41 Å². The molecule has 1 aliphatic rings. The van der Waals surface area contributed by atoms with Crippen LogP contribution in [0.15, 0.2) is 36.4 Å². The van der Waals surface area contributed by atoms with Crippen LogP contribution in [-0.4, -0.2) is 49.0 Å². The SMILES string of the molecule is COC(=O)c1ccc2c(c1)N(CC(=O)CC(C)(C)C)C(=O)c1c(OCC(=O)O)cccc1O2. The molecule has 0 fully saturated rings. The first kappa shape index (κ1) is 23.8. The van der Waals surface area contributed by atoms with E-state index in [0.29, 0.717) is 0 Å². The van der Waals surface area contributed by atoms with Crippen molar-refractivity contribution in [3.8, 4) is 17.2 Å². The Morgan fingerprint density at radius 1 is 1.09 bits per heavy atom. The molecule has 1 amide bonds. The highest BCUT2D eigenvalue weighted by atomic mass is 16.5. The maximum Gasteiger partial charge on any atom is 0.341 e. The van der Waals surface area contributed by atoms with E-state index in [1.54, 1.807) is 12.1 Å². The van der Waals surface area contributed by atoms with Gasteiger partial charge in [-0.05, 0) is 35.7 Å². The van der Waals surface area contributed by atoms with Gasteiger partial charge >= 0.3 is 11.9 Å². The van der Waals surface area contributed by atoms with Gasteiger partial charge in [0.05, 0.1) is 24.9 Å². The number of carbonyl (C=O) groups excluding carboxylic acids is 3. The third-order valence-corrected chi connectivity index (χ3v) is 4.75. The van der Waals surface area contributed by atoms with Crippen LogP contribution in [0.3, 0.4) is 0 Å². The van der Waals surface area contributed by atoms with Gasteiger partial charge in [0.25, 0.3) is 5.91 Å². The number of rotatable bonds is 7. The maximum absolute atomic E-state index is 13.7. The van der Waals surface area contributed by atoms with Gasteiger partial charge in [-0.3, -0.25) is 14.5 Å². The summed E-state index contributed by atoms with van der Waals surface area (Å²) in [5.74, 6) is -2.24. The number of carboxylic acid groups (broad SMARTS) is 1. The Morgan fingerprint density at radius 2 is 1.82 bits per heavy atom. The van der Waals surface area contributed by atoms with E-state index >= 15 is 0 Å². The van der Waals surface area contributed by atoms with Crippen LogP contribution >= 0.6 is 0 Å². The van der Waals surface area contributed by atoms with Crippen molar-refractivity contribution in [3.05, 3.63) is 47.5 Å². The number of hydrogen-bond acceptors (Lipinski definition) is 7. The molecular formula is C24H25NO8. The molecule has 2 aromatic rings. The Morgan fingerprint density at radius 3 is 2.45 bits per heavy atom. The van der Waals surface area contributed by atoms with Crippen molar-refractivity contribution in [2.45, 2.75) is 27.2 Å². The number of fused-ring (bicyclic) bond motifs is 2. The third-order valence-electron chi connectivity index (χ3n) is 4.75. The first-order valence-corrected chi connectivity index (χ1v) is 10.2. The summed E-state index contributed by atoms with van der Waals surface area (Å²) >= 11 is 0. The predicted octanol–water partition coefficient (Wildman–Crippen LogP) is 3.69. The summed E-state index contributed by atoms with van der Waals surface area (Å²) in [4.78, 5) is 50.8. The second-order valence-electron chi connectivity index (χ2n) is 8.76. The van der Waals surface area contributed by atoms with Crippen LogP contribution in [-0.2, 0) is 14.3 Å². The molecule has 1 aliphatic heterocycles. The van der Waals surface area contributed by atoms with Crippen molar-refractivity contribution >= 4 is 29.3 Å². The molecule has 33 heavy (non-hydrogen) atoms. The number of amides is 1. The molecule has 0 saturated carbocycles. The van der Waals surface area contributed by atoms with Crippen LogP contribution in [0.4, 0.5) is 5.69 Å². The van der Waals surface area contributed by atoms with Gasteiger partial charge in [0.15, 0.2) is 18.1 Å². The number of ketones is 1. The fourth-order valence-corrected chi connectivity index (χ4v) is 3.47. The molecular weight excluding hydrogens is 430 g/mol. The zero-order valence-corrected chi connectivity index (χ0v) is 18.8. The van der Waals surface area contributed by atoms with Gasteiger partial charge in [-0.2, -0.15) is 0 Å². The molecule has 174 valence electrons. The zero-order valence-electron chi connectivity index (χ0n) is 18.8. The van der Waals surface area contributed by atoms with E-state index in [1.807, 2.05) is 20.8 Å². The fourth-order valence-electron chi connectivity index (χ4n) is 3.47. The highest BCUT2D eigenvalue weighted by molar-refractivity contribution is 6.14. The van der Waals surface area contributed by atoms with Crippen molar-refractivity contribution in [3.63, 3.8) is 0 Å². The molecule has 0 radical (unpaired) electrons. The Hall–Kier alpha value is -3.88. The summed E-state index contributed by atoms with van der Waals surface area (Å²) in [5.41, 5.74) is 0.0743. The van der Waals surface area contributed by atoms with Gasteiger partial charge in [-0.25, -0.2) is 9.59 Å². The lowest BCUT2D eigenvalue weighted by Crippen LogP contribution is -2.36. The summed E-state index contributed by atoms with van der Waals surface area (Å²) in [6, 6.07) is 8.97. The Labute approximate surface area is 190 Å². The lowest BCUT2D eigenvalue weighted by atomic mass is 9.90. The molecule has 0 spiro atoms. The normalized spacial score (nSPS) is 12.7. The van der Waals surface area contributed by atoms with Crippen molar-refractivity contribution in [1.29, 1.82) is 0 Å². The minimum atomic E-state index is -1.21. The largest absolute Gasteiger partial charge is 0.481 e. The maximum atomic E-state index is 13.7. The van der Waals surface area contributed by atoms with Gasteiger partial charge in [-0.1, -0.05) is 26.8 Å². The number of aliphatic carboxylic acids is 1. The number of ether oxygens (including phenoxy) is 3. The molecule has 0 bridgehead atoms. The fraction of sp³-hybridized carbons (Fsp3) is 0.333. The van der Waals surface area contributed by atoms with Crippen LogP contribution in [0.1, 0.15) is 47.9 Å². The monoisotopic (exact) mass is 455 g/mol. The van der Waals surface area contributed by atoms with E-state index in [2.05, 4.69) is 0 Å². The van der Waals surface area contributed by atoms with Crippen molar-refractivity contribution in [2.24, 2.45) is 5.41 Å². The van der Waals surface area contributed by atoms with Crippen molar-refractivity contribution in [2.75, 3.05) is 25.2 Å². The van der Waals surface area contributed by atoms with Gasteiger partial charge in [0.2, 0.25) is 0 Å². The second-order valence-corrected chi connectivity index (χ2v) is 8.76. The summed E-state index contributed by atoms with van der Waals surface area (Å²) in [7, 11) is 1.24. The molecule has 0 aromatic heterocycles. The molecule has 9 nitrogen and oxygen atoms in total. The predicted molar refractivity (Wildman–Crippen MR) is 118 cm³/mol. The van der Waals surface area contributed by atoms with E-state index in [0.717, 1.165) is 0 Å². The molecule has 0 saturated heterocycles. The van der Waals surface area contributed by atoms with Crippen LogP contribution in [0.5, 0.6) is 17.2 Å². The van der Waals surface area contributed by atoms with E-state index in [1.165, 1.54) is 36.3 Å². The van der Waals surface area contributed by atoms with Crippen molar-refractivity contribution < 1.29 is 38.5 Å². The molecule has 3 rings (SSSR count). The van der Waals surface area contributed by atoms with Gasteiger partial charge in [-0.15, -0.1) is 0 Å². The molecule has 0 aliphatic carbocycles. The highest BCUT2D eigenvalue weighted by Gasteiger charge is 2.33. The molecule has 2 aromatic carbocycles. The number of carbonyl (C=O) groups is 4. The van der Waals surface area contributed by atoms with Crippen molar-refractivity contribution in [1.82, 2.24) is 0 Å². The minimum Gasteiger partial charge on any atom is -0.481 e. The number of carboxylic acids is 1. The number of methoxy groups -OCH3 is 1. The molecule has 0 unspecified atom stereocenters. The summed E-state index contributed by atoms with van der Waals surface area (Å²) in [6.07, 6.45) is 0.216. The molecule has 1 heterocycles. The van der Waals surface area contributed by atoms with Crippen LogP contribution < -0.4 is 14.4 Å². The quantitative estimate of drug-likeness (QED) is 0.628. The Bertz CT molecular complexity index is 1120. The Balaban J connectivity index is 2.12. The van der Waals surface area contributed by atoms with Gasteiger partial charge in [0, 0.05) is 6.42 Å². The molecule has 9 heteroatoms. The van der Waals surface area contributed by atoms with E-state index in [9.17, 15) is 19.2 Å². The average molecular weight is 455 g/mol.